The summed E-state index contributed by atoms with van der Waals surface area (Å²) < 4.78 is 0. The Balaban J connectivity index is 0.997. The number of nitrogens with zero attached hydrogens (tertiary/aromatic N) is 4. The molecule has 4 heteroatoms. The maximum absolute atomic E-state index is 2.60. The highest BCUT2D eigenvalue weighted by Crippen LogP contribution is 2.58. The van der Waals surface area contributed by atoms with Crippen LogP contribution in [0.25, 0.3) is 0 Å². The smallest absolute Gasteiger partial charge is 0.0553 e. The third-order valence-corrected chi connectivity index (χ3v) is 13.4. The summed E-state index contributed by atoms with van der Waals surface area (Å²) in [6.07, 6.45) is 3.47. The van der Waals surface area contributed by atoms with Crippen molar-refractivity contribution in [1.82, 2.24) is 0 Å². The molecule has 4 heterocycles. The van der Waals surface area contributed by atoms with Crippen molar-refractivity contribution in [2.24, 2.45) is 0 Å². The van der Waals surface area contributed by atoms with Crippen LogP contribution < -0.4 is 19.6 Å². The Labute approximate surface area is 362 Å². The quantitative estimate of drug-likeness (QED) is 0.166. The first-order valence-electron chi connectivity index (χ1n) is 21.8. The topological polar surface area (TPSA) is 13.0 Å². The second kappa shape index (κ2) is 13.9. The Morgan fingerprint density at radius 2 is 0.613 bits per heavy atom. The van der Waals surface area contributed by atoms with Crippen molar-refractivity contribution in [3.63, 3.8) is 0 Å². The second-order valence-corrected chi connectivity index (χ2v) is 16.9. The molecule has 0 unspecified atom stereocenters. The van der Waals surface area contributed by atoms with Crippen LogP contribution in [-0.2, 0) is 25.7 Å². The Hall–Kier alpha value is -7.82. The maximum Gasteiger partial charge on any atom is 0.0553 e. The van der Waals surface area contributed by atoms with Crippen molar-refractivity contribution < 1.29 is 0 Å². The van der Waals surface area contributed by atoms with Crippen LogP contribution >= 0.6 is 0 Å². The van der Waals surface area contributed by atoms with E-state index in [2.05, 4.69) is 226 Å². The van der Waals surface area contributed by atoms with Gasteiger partial charge >= 0.3 is 0 Å². The van der Waals surface area contributed by atoms with Crippen molar-refractivity contribution in [2.45, 2.75) is 25.7 Å². The lowest BCUT2D eigenvalue weighted by molar-refractivity contribution is 0.978. The van der Waals surface area contributed by atoms with Crippen LogP contribution in [-0.4, -0.2) is 0 Å². The van der Waals surface area contributed by atoms with Crippen LogP contribution in [0.15, 0.2) is 206 Å². The van der Waals surface area contributed by atoms with Crippen LogP contribution in [0.1, 0.15) is 44.5 Å². The van der Waals surface area contributed by atoms with Gasteiger partial charge in [-0.2, -0.15) is 0 Å². The van der Waals surface area contributed by atoms with Crippen LogP contribution in [0.4, 0.5) is 68.2 Å². The summed E-state index contributed by atoms with van der Waals surface area (Å²) in [5.41, 5.74) is 25.7. The fraction of sp³-hybridized carbons (Fsp3) is 0.0690. The van der Waals surface area contributed by atoms with Gasteiger partial charge in [-0.25, -0.2) is 0 Å². The summed E-state index contributed by atoms with van der Waals surface area (Å²) in [5, 5.41) is 0. The monoisotopic (exact) mass is 794 g/mol. The third-order valence-electron chi connectivity index (χ3n) is 13.4. The summed E-state index contributed by atoms with van der Waals surface area (Å²) in [7, 11) is 0. The van der Waals surface area contributed by atoms with Gasteiger partial charge in [-0.1, -0.05) is 121 Å². The van der Waals surface area contributed by atoms with Crippen molar-refractivity contribution in [2.75, 3.05) is 19.6 Å². The molecule has 4 aliphatic rings. The highest BCUT2D eigenvalue weighted by molar-refractivity contribution is 5.98. The minimum atomic E-state index is 0.867. The van der Waals surface area contributed by atoms with Crippen LogP contribution in [0.5, 0.6) is 0 Å². The third kappa shape index (κ3) is 5.33. The molecule has 62 heavy (non-hydrogen) atoms. The highest BCUT2D eigenvalue weighted by Gasteiger charge is 2.39. The van der Waals surface area contributed by atoms with Crippen molar-refractivity contribution in [3.05, 3.63) is 251 Å². The van der Waals surface area contributed by atoms with Gasteiger partial charge in [0.15, 0.2) is 0 Å². The molecule has 9 aromatic carbocycles. The van der Waals surface area contributed by atoms with Gasteiger partial charge in [0.25, 0.3) is 0 Å². The first-order valence-corrected chi connectivity index (χ1v) is 21.8. The van der Waals surface area contributed by atoms with E-state index in [4.69, 9.17) is 0 Å². The average molecular weight is 795 g/mol. The number of anilines is 12. The zero-order valence-corrected chi connectivity index (χ0v) is 34.2. The fourth-order valence-corrected chi connectivity index (χ4v) is 10.8. The molecule has 0 saturated carbocycles. The van der Waals surface area contributed by atoms with Gasteiger partial charge in [-0.3, -0.25) is 0 Å². The van der Waals surface area contributed by atoms with E-state index in [1.165, 1.54) is 90.0 Å². The molecule has 0 saturated heterocycles. The molecule has 0 spiro atoms. The minimum Gasteiger partial charge on any atom is -0.310 e. The lowest BCUT2D eigenvalue weighted by Gasteiger charge is -2.44. The lowest BCUT2D eigenvalue weighted by Crippen LogP contribution is -2.29. The number of benzene rings is 9. The minimum absolute atomic E-state index is 0.867. The second-order valence-electron chi connectivity index (χ2n) is 16.9. The number of rotatable bonds is 6. The predicted molar refractivity (Wildman–Crippen MR) is 256 cm³/mol. The Morgan fingerprint density at radius 1 is 0.274 bits per heavy atom. The van der Waals surface area contributed by atoms with E-state index in [0.717, 1.165) is 48.4 Å². The van der Waals surface area contributed by atoms with E-state index in [-0.39, 0.29) is 0 Å². The van der Waals surface area contributed by atoms with E-state index < -0.39 is 0 Å². The van der Waals surface area contributed by atoms with Crippen molar-refractivity contribution in [3.8, 4) is 0 Å². The number of hydrogen-bond acceptors (Lipinski definition) is 4. The molecule has 0 N–H and O–H groups in total. The molecular formula is C58H42N4. The number of hydrogen-bond donors (Lipinski definition) is 0. The van der Waals surface area contributed by atoms with E-state index in [9.17, 15) is 0 Å². The molecule has 4 aliphatic heterocycles. The molecule has 4 nitrogen and oxygen atoms in total. The van der Waals surface area contributed by atoms with E-state index in [1.807, 2.05) is 0 Å². The first-order chi connectivity index (χ1) is 30.8. The summed E-state index contributed by atoms with van der Waals surface area (Å²) in [5.74, 6) is 0. The molecule has 0 radical (unpaired) electrons. The van der Waals surface area contributed by atoms with Gasteiger partial charge in [0, 0.05) is 70.9 Å². The van der Waals surface area contributed by atoms with Gasteiger partial charge in [-0.15, -0.1) is 0 Å². The van der Waals surface area contributed by atoms with Crippen LogP contribution in [0, 0.1) is 0 Å². The molecule has 0 aliphatic carbocycles. The van der Waals surface area contributed by atoms with Gasteiger partial charge in [-0.05, 0) is 118 Å². The molecule has 0 atom stereocenters. The molecule has 9 aromatic rings. The van der Waals surface area contributed by atoms with Gasteiger partial charge in [0.2, 0.25) is 0 Å². The van der Waals surface area contributed by atoms with Gasteiger partial charge < -0.3 is 19.6 Å². The van der Waals surface area contributed by atoms with Gasteiger partial charge in [0.05, 0.1) is 34.1 Å². The number of fused-ring (bicyclic) bond motifs is 8. The summed E-state index contributed by atoms with van der Waals surface area (Å²) >= 11 is 0. The normalized spacial score (nSPS) is 13.5. The van der Waals surface area contributed by atoms with E-state index in [1.54, 1.807) is 0 Å². The molecule has 0 fully saturated rings. The summed E-state index contributed by atoms with van der Waals surface area (Å²) in [6.45, 7) is 0. The Morgan fingerprint density at radius 3 is 0.984 bits per heavy atom. The van der Waals surface area contributed by atoms with E-state index >= 15 is 0 Å². The maximum atomic E-state index is 2.60. The van der Waals surface area contributed by atoms with Crippen LogP contribution in [0.3, 0.4) is 0 Å². The molecule has 0 bridgehead atoms. The lowest BCUT2D eigenvalue weighted by atomic mass is 9.81. The molecule has 0 aromatic heterocycles. The van der Waals surface area contributed by atoms with Crippen molar-refractivity contribution in [1.29, 1.82) is 0 Å². The molecule has 294 valence electrons. The fourth-order valence-electron chi connectivity index (χ4n) is 10.8. The number of para-hydroxylation sites is 6. The molecular weight excluding hydrogens is 753 g/mol. The van der Waals surface area contributed by atoms with E-state index in [0.29, 0.717) is 0 Å². The average Bonchev–Trinajstić information content (AvgIpc) is 3.33. The largest absolute Gasteiger partial charge is 0.310 e. The van der Waals surface area contributed by atoms with Crippen molar-refractivity contribution >= 4 is 68.2 Å². The molecule has 0 amide bonds. The van der Waals surface area contributed by atoms with Gasteiger partial charge in [0.1, 0.15) is 0 Å². The summed E-state index contributed by atoms with van der Waals surface area (Å²) in [6, 6.07) is 76.0. The first kappa shape index (κ1) is 35.0. The zero-order valence-electron chi connectivity index (χ0n) is 34.2. The predicted octanol–water partition coefficient (Wildman–Crippen LogP) is 15.2. The molecule has 13 rings (SSSR count). The zero-order chi connectivity index (χ0) is 40.7. The standard InChI is InChI=1S/C58H42N4/c1-5-19-45(20-6-1)59(46-21-7-2-8-22-46)53-31-29-41-33-43-38-56-44(37-55(43)61-51-27-15-13-17-39(51)35-49(53)57(41)61)34-42-30-32-54(50-36-40-18-14-16-28-52(40)62(56)58(42)50)60(47-23-9-3-10-24-47)48-25-11-4-12-26-48/h1-32,37-38H,33-36H2. The highest BCUT2D eigenvalue weighted by atomic mass is 15.2. The Bertz CT molecular complexity index is 2900. The Kier molecular flexibility index (Phi) is 7.83. The SMILES string of the molecule is c1ccc(N(c2ccccc2)c2ccc3c4c2Cc2ccccc2N4c2cc4c(cc2C3)N2c3ccccc3Cc3c(N(c5ccccc5)c5ccccc5)ccc(c32)C4)cc1. The summed E-state index contributed by atoms with van der Waals surface area (Å²) in [4.78, 5) is 10.1. The van der Waals surface area contributed by atoms with Crippen LogP contribution in [0.2, 0.25) is 0 Å².